The average molecular weight is 370 g/mol. The van der Waals surface area contributed by atoms with Crippen molar-refractivity contribution < 1.29 is 14.6 Å². The Morgan fingerprint density at radius 1 is 1.30 bits per heavy atom. The highest BCUT2D eigenvalue weighted by Gasteiger charge is 2.21. The number of aliphatic hydroxyl groups is 1. The molecule has 1 fully saturated rings. The molecule has 1 aromatic carbocycles. The van der Waals surface area contributed by atoms with Crippen molar-refractivity contribution in [1.82, 2.24) is 20.4 Å². The molecular weight excluding hydrogens is 344 g/mol. The number of rotatable bonds is 7. The minimum Gasteiger partial charge on any atom is -0.480 e. The van der Waals surface area contributed by atoms with Crippen LogP contribution in [-0.4, -0.2) is 65.5 Å². The third-order valence-corrected chi connectivity index (χ3v) is 4.91. The molecule has 144 valence electrons. The lowest BCUT2D eigenvalue weighted by Crippen LogP contribution is -2.45. The number of hydrogen-bond donors (Lipinski definition) is 2. The highest BCUT2D eigenvalue weighted by Crippen LogP contribution is 2.19. The SMILES string of the molecule is COc1ccc(-c2cccc(C(=O)NCCN3CCCC[C@@H]3CO)c2)nn1. The largest absolute Gasteiger partial charge is 0.480 e. The standard InChI is InChI=1S/C20H26N4O3/c1-27-19-9-8-18(22-23-19)15-5-4-6-16(13-15)20(26)21-10-12-24-11-3-2-7-17(24)14-25/h4-6,8-9,13,17,25H,2-3,7,10-12,14H2,1H3,(H,21,26)/t17-/m1/s1. The first-order valence-electron chi connectivity index (χ1n) is 9.32. The van der Waals surface area contributed by atoms with Crippen molar-refractivity contribution in [1.29, 1.82) is 0 Å². The molecule has 0 aliphatic carbocycles. The highest BCUT2D eigenvalue weighted by molar-refractivity contribution is 5.95. The Kier molecular flexibility index (Phi) is 6.73. The summed E-state index contributed by atoms with van der Waals surface area (Å²) in [5.74, 6) is 0.336. The van der Waals surface area contributed by atoms with Crippen molar-refractivity contribution in [3.05, 3.63) is 42.0 Å². The Morgan fingerprint density at radius 2 is 2.19 bits per heavy atom. The van der Waals surface area contributed by atoms with Crippen molar-refractivity contribution in [2.45, 2.75) is 25.3 Å². The van der Waals surface area contributed by atoms with E-state index in [1.807, 2.05) is 24.3 Å². The molecule has 0 saturated carbocycles. The van der Waals surface area contributed by atoms with Gasteiger partial charge in [0.15, 0.2) is 0 Å². The lowest BCUT2D eigenvalue weighted by atomic mass is 10.0. The number of likely N-dealkylation sites (tertiary alicyclic amines) is 1. The fourth-order valence-corrected chi connectivity index (χ4v) is 3.38. The molecule has 7 nitrogen and oxygen atoms in total. The number of aromatic nitrogens is 2. The van der Waals surface area contributed by atoms with Gasteiger partial charge in [-0.25, -0.2) is 0 Å². The van der Waals surface area contributed by atoms with Gasteiger partial charge in [0.25, 0.3) is 5.91 Å². The van der Waals surface area contributed by atoms with Crippen LogP contribution in [0.15, 0.2) is 36.4 Å². The molecule has 7 heteroatoms. The molecule has 1 saturated heterocycles. The quantitative estimate of drug-likeness (QED) is 0.772. The van der Waals surface area contributed by atoms with Crippen molar-refractivity contribution in [3.8, 4) is 17.1 Å². The van der Waals surface area contributed by atoms with Crippen LogP contribution in [0.5, 0.6) is 5.88 Å². The molecule has 0 radical (unpaired) electrons. The van der Waals surface area contributed by atoms with Crippen LogP contribution in [0.3, 0.4) is 0 Å². The fourth-order valence-electron chi connectivity index (χ4n) is 3.38. The number of nitrogens with one attached hydrogen (secondary N) is 1. The average Bonchev–Trinajstić information content (AvgIpc) is 2.74. The van der Waals surface area contributed by atoms with Crippen molar-refractivity contribution in [2.75, 3.05) is 33.4 Å². The second kappa shape index (κ2) is 9.43. The topological polar surface area (TPSA) is 87.6 Å². The lowest BCUT2D eigenvalue weighted by molar-refractivity contribution is 0.0849. The first-order chi connectivity index (χ1) is 13.2. The van der Waals surface area contributed by atoms with Gasteiger partial charge in [-0.15, -0.1) is 10.2 Å². The first kappa shape index (κ1) is 19.3. The van der Waals surface area contributed by atoms with Gasteiger partial charge in [-0.2, -0.15) is 0 Å². The van der Waals surface area contributed by atoms with Gasteiger partial charge in [0.2, 0.25) is 5.88 Å². The van der Waals surface area contributed by atoms with Crippen molar-refractivity contribution in [3.63, 3.8) is 0 Å². The summed E-state index contributed by atoms with van der Waals surface area (Å²) in [5, 5.41) is 20.5. The van der Waals surface area contributed by atoms with Crippen molar-refractivity contribution in [2.24, 2.45) is 0 Å². The number of hydrogen-bond acceptors (Lipinski definition) is 6. The molecule has 2 N–H and O–H groups in total. The normalized spacial score (nSPS) is 17.5. The molecule has 2 aromatic rings. The van der Waals surface area contributed by atoms with Crippen LogP contribution in [0.1, 0.15) is 29.6 Å². The highest BCUT2D eigenvalue weighted by atomic mass is 16.5. The molecule has 0 unspecified atom stereocenters. The summed E-state index contributed by atoms with van der Waals surface area (Å²) in [6.45, 7) is 2.47. The minimum atomic E-state index is -0.115. The van der Waals surface area contributed by atoms with E-state index < -0.39 is 0 Å². The summed E-state index contributed by atoms with van der Waals surface area (Å²) >= 11 is 0. The van der Waals surface area contributed by atoms with Crippen LogP contribution in [0.4, 0.5) is 0 Å². The zero-order chi connectivity index (χ0) is 19.1. The van der Waals surface area contributed by atoms with Crippen LogP contribution < -0.4 is 10.1 Å². The van der Waals surface area contributed by atoms with Gasteiger partial charge in [-0.05, 0) is 37.6 Å². The number of nitrogens with zero attached hydrogens (tertiary/aromatic N) is 3. The first-order valence-corrected chi connectivity index (χ1v) is 9.32. The number of ether oxygens (including phenoxy) is 1. The molecule has 27 heavy (non-hydrogen) atoms. The van der Waals surface area contributed by atoms with Gasteiger partial charge in [0.05, 0.1) is 19.4 Å². The Bertz CT molecular complexity index is 751. The summed E-state index contributed by atoms with van der Waals surface area (Å²) in [7, 11) is 1.54. The van der Waals surface area contributed by atoms with E-state index in [9.17, 15) is 9.90 Å². The van der Waals surface area contributed by atoms with Gasteiger partial charge in [0, 0.05) is 36.3 Å². The molecule has 1 aromatic heterocycles. The van der Waals surface area contributed by atoms with Gasteiger partial charge in [-0.3, -0.25) is 9.69 Å². The zero-order valence-corrected chi connectivity index (χ0v) is 15.6. The Balaban J connectivity index is 1.58. The van der Waals surface area contributed by atoms with Crippen LogP contribution in [-0.2, 0) is 0 Å². The van der Waals surface area contributed by atoms with E-state index in [0.717, 1.165) is 37.9 Å². The number of piperidine rings is 1. The number of methoxy groups -OCH3 is 1. The zero-order valence-electron chi connectivity index (χ0n) is 15.6. The van der Waals surface area contributed by atoms with E-state index in [1.54, 1.807) is 19.2 Å². The van der Waals surface area contributed by atoms with Gasteiger partial charge < -0.3 is 15.2 Å². The minimum absolute atomic E-state index is 0.115. The fraction of sp³-hybridized carbons (Fsp3) is 0.450. The van der Waals surface area contributed by atoms with E-state index >= 15 is 0 Å². The number of aliphatic hydroxyl groups excluding tert-OH is 1. The van der Waals surface area contributed by atoms with E-state index in [0.29, 0.717) is 23.7 Å². The summed E-state index contributed by atoms with van der Waals surface area (Å²) in [4.78, 5) is 14.7. The Hall–Kier alpha value is -2.51. The number of carbonyl (C=O) groups excluding carboxylic acids is 1. The van der Waals surface area contributed by atoms with E-state index in [2.05, 4.69) is 20.4 Å². The third-order valence-electron chi connectivity index (χ3n) is 4.91. The maximum atomic E-state index is 12.5. The molecule has 0 spiro atoms. The monoisotopic (exact) mass is 370 g/mol. The molecule has 0 bridgehead atoms. The molecule has 2 heterocycles. The molecule has 1 aliphatic heterocycles. The molecule has 1 amide bonds. The van der Waals surface area contributed by atoms with E-state index in [4.69, 9.17) is 4.74 Å². The predicted molar refractivity (Wildman–Crippen MR) is 103 cm³/mol. The summed E-state index contributed by atoms with van der Waals surface area (Å²) in [5.41, 5.74) is 2.10. The smallest absolute Gasteiger partial charge is 0.251 e. The maximum absolute atomic E-state index is 12.5. The Labute approximate surface area is 159 Å². The van der Waals surface area contributed by atoms with Gasteiger partial charge >= 0.3 is 0 Å². The van der Waals surface area contributed by atoms with E-state index in [-0.39, 0.29) is 18.6 Å². The van der Waals surface area contributed by atoms with E-state index in [1.165, 1.54) is 0 Å². The Morgan fingerprint density at radius 3 is 2.93 bits per heavy atom. The van der Waals surface area contributed by atoms with Crippen LogP contribution in [0.2, 0.25) is 0 Å². The molecule has 1 atom stereocenters. The summed E-state index contributed by atoms with van der Waals surface area (Å²) in [6.07, 6.45) is 3.33. The summed E-state index contributed by atoms with van der Waals surface area (Å²) < 4.78 is 5.02. The number of benzene rings is 1. The second-order valence-corrected chi connectivity index (χ2v) is 6.67. The molecule has 3 rings (SSSR count). The predicted octanol–water partition coefficient (Wildman–Crippen LogP) is 1.73. The third kappa shape index (κ3) is 5.02. The van der Waals surface area contributed by atoms with Crippen LogP contribution >= 0.6 is 0 Å². The van der Waals surface area contributed by atoms with Gasteiger partial charge in [0.1, 0.15) is 0 Å². The number of amides is 1. The second-order valence-electron chi connectivity index (χ2n) is 6.67. The van der Waals surface area contributed by atoms with Crippen LogP contribution in [0.25, 0.3) is 11.3 Å². The summed E-state index contributed by atoms with van der Waals surface area (Å²) in [6, 6.07) is 11.1. The number of carbonyl (C=O) groups is 1. The van der Waals surface area contributed by atoms with Crippen molar-refractivity contribution >= 4 is 5.91 Å². The maximum Gasteiger partial charge on any atom is 0.251 e. The lowest BCUT2D eigenvalue weighted by Gasteiger charge is -2.34. The molecule has 1 aliphatic rings. The van der Waals surface area contributed by atoms with Crippen LogP contribution in [0, 0.1) is 0 Å². The van der Waals surface area contributed by atoms with Gasteiger partial charge in [-0.1, -0.05) is 18.6 Å². The molecular formula is C20H26N4O3.